The molecule has 0 saturated heterocycles. The summed E-state index contributed by atoms with van der Waals surface area (Å²) in [5, 5.41) is 0. The molecule has 58 heavy (non-hydrogen) atoms. The minimum Gasteiger partial charge on any atom is -0.466 e. The third kappa shape index (κ3) is 20.9. The van der Waals surface area contributed by atoms with Gasteiger partial charge in [0.1, 0.15) is 0 Å². The Morgan fingerprint density at radius 3 is 1.00 bits per heavy atom. The van der Waals surface area contributed by atoms with E-state index in [9.17, 15) is 9.59 Å². The van der Waals surface area contributed by atoms with Crippen LogP contribution in [0.4, 0.5) is 0 Å². The van der Waals surface area contributed by atoms with Gasteiger partial charge in [-0.3, -0.25) is 0 Å². The molecule has 5 rings (SSSR count). The molecule has 5 aromatic carbocycles. The monoisotopic (exact) mass is 772 g/mol. The quantitative estimate of drug-likeness (QED) is 0.102. The van der Waals surface area contributed by atoms with E-state index in [2.05, 4.69) is 109 Å². The molecule has 0 saturated carbocycles. The van der Waals surface area contributed by atoms with Crippen LogP contribution in [0.2, 0.25) is 0 Å². The Labute approximate surface area is 349 Å². The van der Waals surface area contributed by atoms with E-state index in [-0.39, 0.29) is 5.97 Å². The number of esters is 2. The van der Waals surface area contributed by atoms with Crippen molar-refractivity contribution in [3.63, 3.8) is 0 Å². The van der Waals surface area contributed by atoms with Crippen LogP contribution in [-0.2, 0) is 19.1 Å². The van der Waals surface area contributed by atoms with Crippen molar-refractivity contribution in [1.82, 2.24) is 0 Å². The Hall–Kier alpha value is -6.54. The van der Waals surface area contributed by atoms with Gasteiger partial charge in [-0.15, -0.1) is 12.8 Å². The van der Waals surface area contributed by atoms with E-state index in [0.717, 1.165) is 39.0 Å². The predicted molar refractivity (Wildman–Crippen MR) is 245 cm³/mol. The van der Waals surface area contributed by atoms with Crippen LogP contribution in [0.1, 0.15) is 90.4 Å². The number of ether oxygens (including phenoxy) is 2. The van der Waals surface area contributed by atoms with Gasteiger partial charge in [0, 0.05) is 28.7 Å². The molecule has 0 atom stereocenters. The first-order valence-corrected chi connectivity index (χ1v) is 18.9. The lowest BCUT2D eigenvalue weighted by atomic mass is 10.0. The zero-order chi connectivity index (χ0) is 43.9. The molecule has 0 heterocycles. The topological polar surface area (TPSA) is 52.6 Å². The summed E-state index contributed by atoms with van der Waals surface area (Å²) in [7, 11) is 2.70. The smallest absolute Gasteiger partial charge is 0.384 e. The summed E-state index contributed by atoms with van der Waals surface area (Å²) in [5.41, 5.74) is 18.4. The number of methoxy groups -OCH3 is 2. The van der Waals surface area contributed by atoms with Crippen LogP contribution in [0.3, 0.4) is 0 Å². The summed E-state index contributed by atoms with van der Waals surface area (Å²) in [6.45, 7) is 24.6. The van der Waals surface area contributed by atoms with E-state index >= 15 is 0 Å². The van der Waals surface area contributed by atoms with Gasteiger partial charge in [0.15, 0.2) is 0 Å². The molecule has 4 heteroatoms. The maximum Gasteiger partial charge on any atom is 0.384 e. The van der Waals surface area contributed by atoms with Gasteiger partial charge in [0.2, 0.25) is 0 Å². The summed E-state index contributed by atoms with van der Waals surface area (Å²) >= 11 is 0. The van der Waals surface area contributed by atoms with Crippen LogP contribution >= 0.6 is 0 Å². The fourth-order valence-corrected chi connectivity index (χ4v) is 6.06. The average Bonchev–Trinajstić information content (AvgIpc) is 3.12. The number of rotatable bonds is 2. The first kappa shape index (κ1) is 49.5. The highest BCUT2D eigenvalue weighted by molar-refractivity contribution is 5.91. The molecule has 0 amide bonds. The second kappa shape index (κ2) is 25.6. The molecule has 0 unspecified atom stereocenters. The first-order valence-electron chi connectivity index (χ1n) is 18.9. The van der Waals surface area contributed by atoms with Gasteiger partial charge >= 0.3 is 11.9 Å². The maximum atomic E-state index is 11.1. The summed E-state index contributed by atoms with van der Waals surface area (Å²) in [6.07, 6.45) is 12.0. The second-order valence-electron chi connectivity index (χ2n) is 14.6. The molecule has 4 nitrogen and oxygen atoms in total. The molecule has 0 spiro atoms. The van der Waals surface area contributed by atoms with Gasteiger partial charge in [-0.1, -0.05) is 100 Å². The normalized spacial score (nSPS) is 9.62. The summed E-state index contributed by atoms with van der Waals surface area (Å²) < 4.78 is 9.01. The third-order valence-corrected chi connectivity index (χ3v) is 8.07. The largest absolute Gasteiger partial charge is 0.466 e. The van der Waals surface area contributed by atoms with Crippen molar-refractivity contribution in [1.29, 1.82) is 0 Å². The molecule has 0 fully saturated rings. The highest BCUT2D eigenvalue weighted by Gasteiger charge is 2.01. The molecule has 0 aliphatic rings. The molecule has 0 N–H and O–H groups in total. The molecular formula is C54H60O4. The van der Waals surface area contributed by atoms with Crippen molar-refractivity contribution in [2.75, 3.05) is 14.2 Å². The Balaban J connectivity index is 0.000000368. The molecule has 300 valence electrons. The van der Waals surface area contributed by atoms with Crippen LogP contribution in [0.5, 0.6) is 0 Å². The number of allylic oxidation sites excluding steroid dienone is 1. The van der Waals surface area contributed by atoms with E-state index in [4.69, 9.17) is 12.8 Å². The van der Waals surface area contributed by atoms with Crippen LogP contribution in [0, 0.1) is 113 Å². The van der Waals surface area contributed by atoms with Gasteiger partial charge in [0.25, 0.3) is 0 Å². The van der Waals surface area contributed by atoms with Crippen molar-refractivity contribution in [3.05, 3.63) is 181 Å². The third-order valence-electron chi connectivity index (χ3n) is 8.07. The Morgan fingerprint density at radius 1 is 0.448 bits per heavy atom. The lowest BCUT2D eigenvalue weighted by molar-refractivity contribution is -0.135. The van der Waals surface area contributed by atoms with Gasteiger partial charge in [-0.25, -0.2) is 9.59 Å². The fourth-order valence-electron chi connectivity index (χ4n) is 6.06. The van der Waals surface area contributed by atoms with Gasteiger partial charge in [-0.05, 0) is 164 Å². The molecule has 0 aliphatic heterocycles. The number of benzene rings is 5. The number of terminal acetylenes is 2. The highest BCUT2D eigenvalue weighted by atomic mass is 16.5. The van der Waals surface area contributed by atoms with Crippen molar-refractivity contribution in [2.24, 2.45) is 0 Å². The van der Waals surface area contributed by atoms with E-state index in [1.54, 1.807) is 0 Å². The lowest BCUT2D eigenvalue weighted by Gasteiger charge is -2.04. The first-order chi connectivity index (χ1) is 27.3. The SMILES string of the molecule is C#Cc1cc(C)cc(C)c1.C#Cc1cc(C)cc(C)c1.COC(=O)/C=C(/C)c1cc(C)cc(C)c1.COC(=O)C#Cc1cc(C)cc(C)c1.Cc1cc(C)cc(C)c1. The van der Waals surface area contributed by atoms with Crippen LogP contribution in [-0.4, -0.2) is 26.2 Å². The zero-order valence-corrected chi connectivity index (χ0v) is 37.0. The molecule has 0 radical (unpaired) electrons. The number of hydrogen-bond donors (Lipinski definition) is 0. The maximum absolute atomic E-state index is 11.1. The van der Waals surface area contributed by atoms with Crippen molar-refractivity contribution >= 4 is 17.5 Å². The summed E-state index contributed by atoms with van der Waals surface area (Å²) in [5.74, 6) is 9.54. The van der Waals surface area contributed by atoms with Crippen LogP contribution in [0.15, 0.2) is 97.1 Å². The number of aryl methyl sites for hydroxylation is 11. The number of hydrogen-bond acceptors (Lipinski definition) is 4. The molecule has 0 bridgehead atoms. The van der Waals surface area contributed by atoms with Gasteiger partial charge < -0.3 is 9.47 Å². The van der Waals surface area contributed by atoms with E-state index in [0.29, 0.717) is 0 Å². The molecule has 5 aromatic rings. The van der Waals surface area contributed by atoms with Crippen molar-refractivity contribution < 1.29 is 19.1 Å². The Kier molecular flexibility index (Phi) is 21.8. The minimum atomic E-state index is -0.510. The average molecular weight is 773 g/mol. The standard InChI is InChI=1S/C13H16O2.C12H12O2.2C10H10.C9H12/c1-9-5-10(2)7-12(6-9)11(3)8-13(14)15-4;1-9-6-10(2)8-11(7-9)4-5-12(13)14-3;2*1-4-10-6-8(2)5-9(3)7-10;1-7-4-8(2)6-9(3)5-7/h5-8H,1-4H3;6-8H,1-3H3;2*1,5-7H,2-3H3;4-6H,1-3H3/b11-8-;;;;. The molecule has 0 aromatic heterocycles. The van der Waals surface area contributed by atoms with E-state index in [1.165, 1.54) is 70.4 Å². The number of carbonyl (C=O) groups excluding carboxylic acids is 2. The van der Waals surface area contributed by atoms with Crippen molar-refractivity contribution in [2.45, 2.75) is 83.1 Å². The second-order valence-corrected chi connectivity index (χ2v) is 14.6. The highest BCUT2D eigenvalue weighted by Crippen LogP contribution is 2.17. The van der Waals surface area contributed by atoms with Crippen LogP contribution in [0.25, 0.3) is 5.57 Å². The van der Waals surface area contributed by atoms with E-state index < -0.39 is 5.97 Å². The van der Waals surface area contributed by atoms with Gasteiger partial charge in [-0.2, -0.15) is 0 Å². The molecular weight excluding hydrogens is 713 g/mol. The van der Waals surface area contributed by atoms with Crippen LogP contribution < -0.4 is 0 Å². The Bertz CT molecular complexity index is 2150. The number of carbonyl (C=O) groups is 2. The minimum absolute atomic E-state index is 0.313. The van der Waals surface area contributed by atoms with Crippen molar-refractivity contribution in [3.8, 4) is 36.5 Å². The van der Waals surface area contributed by atoms with E-state index in [1.807, 2.05) is 98.7 Å². The van der Waals surface area contributed by atoms with Gasteiger partial charge in [0.05, 0.1) is 14.2 Å². The predicted octanol–water partition coefficient (Wildman–Crippen LogP) is 11.9. The Morgan fingerprint density at radius 2 is 0.724 bits per heavy atom. The lowest BCUT2D eigenvalue weighted by Crippen LogP contribution is -1.96. The fraction of sp³-hybridized carbons (Fsp3) is 0.259. The summed E-state index contributed by atoms with van der Waals surface area (Å²) in [6, 6.07) is 31.0. The molecule has 0 aliphatic carbocycles. The zero-order valence-electron chi connectivity index (χ0n) is 37.0. The summed E-state index contributed by atoms with van der Waals surface area (Å²) in [4.78, 5) is 21.8.